The maximum absolute atomic E-state index is 12.3. The van der Waals surface area contributed by atoms with E-state index in [1.54, 1.807) is 6.21 Å². The van der Waals surface area contributed by atoms with E-state index in [1.165, 1.54) is 24.8 Å². The lowest BCUT2D eigenvalue weighted by atomic mass is 10.1. The summed E-state index contributed by atoms with van der Waals surface area (Å²) in [6.07, 6.45) is 6.68. The number of piperidine rings is 1. The Morgan fingerprint density at radius 1 is 1.14 bits per heavy atom. The molecule has 2 fully saturated rings. The molecule has 2 aliphatic heterocycles. The first-order chi connectivity index (χ1) is 17.2. The Morgan fingerprint density at radius 3 is 2.77 bits per heavy atom. The summed E-state index contributed by atoms with van der Waals surface area (Å²) in [5.74, 6) is 1.44. The summed E-state index contributed by atoms with van der Waals surface area (Å²) in [5.41, 5.74) is 6.28. The van der Waals surface area contributed by atoms with Crippen molar-refractivity contribution in [3.63, 3.8) is 0 Å². The predicted octanol–water partition coefficient (Wildman–Crippen LogP) is 3.89. The van der Waals surface area contributed by atoms with Crippen LogP contribution >= 0.6 is 0 Å². The van der Waals surface area contributed by atoms with E-state index < -0.39 is 0 Å². The van der Waals surface area contributed by atoms with Gasteiger partial charge in [0, 0.05) is 37.3 Å². The fraction of sp³-hybridized carbons (Fsp3) is 0.519. The molecule has 0 saturated carbocycles. The molecule has 0 radical (unpaired) electrons. The number of ketones is 1. The maximum atomic E-state index is 12.3. The summed E-state index contributed by atoms with van der Waals surface area (Å²) in [7, 11) is 0. The van der Waals surface area contributed by atoms with E-state index in [1.807, 2.05) is 24.3 Å². The number of nitrogens with zero attached hydrogens (tertiary/aromatic N) is 4. The number of morpholine rings is 1. The highest BCUT2D eigenvalue weighted by atomic mass is 16.5. The van der Waals surface area contributed by atoms with Crippen molar-refractivity contribution in [1.29, 1.82) is 0 Å². The van der Waals surface area contributed by atoms with Crippen LogP contribution in [0, 0.1) is 6.92 Å². The molecule has 8 heteroatoms. The van der Waals surface area contributed by atoms with Gasteiger partial charge in [-0.25, -0.2) is 0 Å². The number of aromatic nitrogens is 1. The number of Topliss-reactive ketones (excluding diaryl/α,β-unsaturated/α-hetero) is 1. The highest BCUT2D eigenvalue weighted by Crippen LogP contribution is 2.25. The Hall–Kier alpha value is -2.97. The lowest BCUT2D eigenvalue weighted by molar-refractivity contribution is -0.120. The number of rotatable bonds is 11. The molecule has 0 spiro atoms. The Labute approximate surface area is 208 Å². The van der Waals surface area contributed by atoms with Crippen LogP contribution in [0.1, 0.15) is 43.2 Å². The number of benzene rings is 1. The van der Waals surface area contributed by atoms with Crippen LogP contribution in [0.15, 0.2) is 41.5 Å². The van der Waals surface area contributed by atoms with Gasteiger partial charge in [0.25, 0.3) is 0 Å². The first kappa shape index (κ1) is 25.1. The lowest BCUT2D eigenvalue weighted by Gasteiger charge is -2.29. The smallest absolute Gasteiger partial charge is 0.217 e. The minimum atomic E-state index is 0.290. The van der Waals surface area contributed by atoms with Crippen molar-refractivity contribution < 1.29 is 14.3 Å². The van der Waals surface area contributed by atoms with Crippen molar-refractivity contribution in [3.05, 3.63) is 47.5 Å². The second-order valence-electron chi connectivity index (χ2n) is 9.26. The number of likely N-dealkylation sites (tertiary alicyclic amines) is 1. The lowest BCUT2D eigenvalue weighted by Crippen LogP contribution is -2.36. The van der Waals surface area contributed by atoms with E-state index in [2.05, 4.69) is 44.4 Å². The zero-order chi connectivity index (χ0) is 24.3. The van der Waals surface area contributed by atoms with Gasteiger partial charge in [-0.05, 0) is 44.8 Å². The minimum absolute atomic E-state index is 0.290. The van der Waals surface area contributed by atoms with E-state index in [0.29, 0.717) is 56.7 Å². The van der Waals surface area contributed by atoms with Gasteiger partial charge >= 0.3 is 0 Å². The maximum Gasteiger partial charge on any atom is 0.217 e. The molecule has 2 aromatic rings. The molecule has 0 atom stereocenters. The molecule has 0 unspecified atom stereocenters. The zero-order valence-corrected chi connectivity index (χ0v) is 20.7. The molecular formula is C27H37N5O3. The molecule has 188 valence electrons. The van der Waals surface area contributed by atoms with Crippen LogP contribution in [0.5, 0.6) is 5.88 Å². The van der Waals surface area contributed by atoms with E-state index in [9.17, 15) is 4.79 Å². The highest BCUT2D eigenvalue weighted by Gasteiger charge is 2.15. The van der Waals surface area contributed by atoms with Crippen molar-refractivity contribution in [2.75, 3.05) is 62.9 Å². The van der Waals surface area contributed by atoms with Gasteiger partial charge in [0.2, 0.25) is 5.88 Å². The van der Waals surface area contributed by atoms with Crippen molar-refractivity contribution >= 4 is 23.5 Å². The number of hydrogen-bond acceptors (Lipinski definition) is 8. The van der Waals surface area contributed by atoms with Crippen LogP contribution in [-0.4, -0.2) is 74.4 Å². The number of anilines is 2. The monoisotopic (exact) mass is 479 g/mol. The number of nitrogens with one attached hydrogen (secondary N) is 1. The van der Waals surface area contributed by atoms with Crippen molar-refractivity contribution in [1.82, 2.24) is 9.88 Å². The van der Waals surface area contributed by atoms with Gasteiger partial charge < -0.3 is 14.4 Å². The molecule has 0 amide bonds. The van der Waals surface area contributed by atoms with Gasteiger partial charge in [-0.3, -0.25) is 15.1 Å². The van der Waals surface area contributed by atoms with Gasteiger partial charge in [-0.15, -0.1) is 0 Å². The van der Waals surface area contributed by atoms with Crippen LogP contribution in [0.2, 0.25) is 0 Å². The number of aryl methyl sites for hydroxylation is 1. The second-order valence-corrected chi connectivity index (χ2v) is 9.26. The molecule has 2 aliphatic rings. The Kier molecular flexibility index (Phi) is 9.48. The third kappa shape index (κ3) is 8.33. The first-order valence-corrected chi connectivity index (χ1v) is 12.7. The number of hydrogen-bond donors (Lipinski definition) is 1. The molecule has 0 aliphatic carbocycles. The summed E-state index contributed by atoms with van der Waals surface area (Å²) in [5, 5.41) is 4.37. The topological polar surface area (TPSA) is 79.3 Å². The van der Waals surface area contributed by atoms with Crippen molar-refractivity contribution in [2.24, 2.45) is 5.10 Å². The average molecular weight is 480 g/mol. The Morgan fingerprint density at radius 2 is 1.97 bits per heavy atom. The third-order valence-electron chi connectivity index (χ3n) is 6.30. The highest BCUT2D eigenvalue weighted by molar-refractivity contribution is 5.80. The number of hydrazone groups is 1. The summed E-state index contributed by atoms with van der Waals surface area (Å²) in [6, 6.07) is 12.1. The summed E-state index contributed by atoms with van der Waals surface area (Å²) >= 11 is 0. The normalized spacial score (nSPS) is 17.0. The molecule has 35 heavy (non-hydrogen) atoms. The van der Waals surface area contributed by atoms with Gasteiger partial charge in [-0.1, -0.05) is 36.2 Å². The van der Waals surface area contributed by atoms with Gasteiger partial charge in [-0.2, -0.15) is 10.1 Å². The fourth-order valence-electron chi connectivity index (χ4n) is 4.44. The summed E-state index contributed by atoms with van der Waals surface area (Å²) < 4.78 is 11.5. The molecule has 8 nitrogen and oxygen atoms in total. The fourth-order valence-corrected chi connectivity index (χ4v) is 4.44. The van der Waals surface area contributed by atoms with E-state index in [-0.39, 0.29) is 0 Å². The average Bonchev–Trinajstić information content (AvgIpc) is 2.88. The molecule has 3 heterocycles. The van der Waals surface area contributed by atoms with Crippen LogP contribution in [0.25, 0.3) is 0 Å². The minimum Gasteiger partial charge on any atom is -0.478 e. The largest absolute Gasteiger partial charge is 0.478 e. The van der Waals surface area contributed by atoms with Crippen LogP contribution in [-0.2, 0) is 9.53 Å². The molecule has 1 aromatic carbocycles. The standard InChI is InChI=1S/C27H37N5O3/c1-22-7-5-8-23(17-22)20-28-30-26-18-24(32-12-15-34-16-13-32)19-27(29-26)35-14-6-9-25(33)21-31-10-3-2-4-11-31/h5,7-8,17-20H,2-4,6,9-16,21H2,1H3,(H,29,30). The first-order valence-electron chi connectivity index (χ1n) is 12.7. The van der Waals surface area contributed by atoms with Crippen LogP contribution in [0.4, 0.5) is 11.5 Å². The number of ether oxygens (including phenoxy) is 2. The van der Waals surface area contributed by atoms with Crippen LogP contribution in [0.3, 0.4) is 0 Å². The molecule has 1 N–H and O–H groups in total. The molecule has 4 rings (SSSR count). The van der Waals surface area contributed by atoms with Gasteiger partial charge in [0.15, 0.2) is 5.82 Å². The Bertz CT molecular complexity index is 985. The number of carbonyl (C=O) groups excluding carboxylic acids is 1. The molecular weight excluding hydrogens is 442 g/mol. The molecule has 2 saturated heterocycles. The second kappa shape index (κ2) is 13.2. The molecule has 1 aromatic heterocycles. The quantitative estimate of drug-likeness (QED) is 0.298. The van der Waals surface area contributed by atoms with E-state index >= 15 is 0 Å². The van der Waals surface area contributed by atoms with Crippen LogP contribution < -0.4 is 15.1 Å². The third-order valence-corrected chi connectivity index (χ3v) is 6.30. The number of pyridine rings is 1. The summed E-state index contributed by atoms with van der Waals surface area (Å²) in [6.45, 7) is 8.21. The van der Waals surface area contributed by atoms with Gasteiger partial charge in [0.1, 0.15) is 5.78 Å². The van der Waals surface area contributed by atoms with E-state index in [4.69, 9.17) is 9.47 Å². The Balaban J connectivity index is 1.33. The molecule has 0 bridgehead atoms. The number of carbonyl (C=O) groups is 1. The van der Waals surface area contributed by atoms with Crippen molar-refractivity contribution in [2.45, 2.75) is 39.0 Å². The predicted molar refractivity (Wildman–Crippen MR) is 140 cm³/mol. The van der Waals surface area contributed by atoms with E-state index in [0.717, 1.165) is 37.4 Å². The SMILES string of the molecule is Cc1cccc(C=NNc2cc(N3CCOCC3)cc(OCCCC(=O)CN3CCCCC3)n2)c1. The van der Waals surface area contributed by atoms with Crippen molar-refractivity contribution in [3.8, 4) is 5.88 Å². The summed E-state index contributed by atoms with van der Waals surface area (Å²) in [4.78, 5) is 21.5. The van der Waals surface area contributed by atoms with Gasteiger partial charge in [0.05, 0.1) is 32.6 Å². The zero-order valence-electron chi connectivity index (χ0n) is 20.7.